The van der Waals surface area contributed by atoms with Crippen LogP contribution in [0, 0.1) is 28.5 Å². The average Bonchev–Trinajstić information content (AvgIpc) is 3.33. The Morgan fingerprint density at radius 2 is 2.00 bits per heavy atom. The average molecular weight is 322 g/mol. The number of hydrogen-bond donors (Lipinski definition) is 1. The van der Waals surface area contributed by atoms with Crippen LogP contribution in [0.3, 0.4) is 0 Å². The van der Waals surface area contributed by atoms with Crippen molar-refractivity contribution in [3.05, 3.63) is 35.6 Å². The summed E-state index contributed by atoms with van der Waals surface area (Å²) in [5.41, 5.74) is 0.0149. The summed E-state index contributed by atoms with van der Waals surface area (Å²) in [5, 5.41) is 8.93. The number of rotatable bonds is 5. The van der Waals surface area contributed by atoms with Crippen LogP contribution in [0.5, 0.6) is 0 Å². The van der Waals surface area contributed by atoms with Gasteiger partial charge in [0.25, 0.3) is 0 Å². The fourth-order valence-corrected chi connectivity index (χ4v) is 4.24. The molecule has 2 aliphatic carbocycles. The molecule has 5 nitrogen and oxygen atoms in total. The molecule has 1 aromatic rings. The number of halogens is 1. The molecule has 2 atom stereocenters. The fourth-order valence-electron chi connectivity index (χ4n) is 2.63. The predicted octanol–water partition coefficient (Wildman–Crippen LogP) is 1.68. The highest BCUT2D eigenvalue weighted by Gasteiger charge is 2.49. The van der Waals surface area contributed by atoms with Crippen LogP contribution < -0.4 is 4.72 Å². The Kier molecular flexibility index (Phi) is 3.44. The van der Waals surface area contributed by atoms with E-state index in [1.54, 1.807) is 12.1 Å². The Morgan fingerprint density at radius 3 is 2.55 bits per heavy atom. The van der Waals surface area contributed by atoms with E-state index < -0.39 is 27.3 Å². The van der Waals surface area contributed by atoms with Gasteiger partial charge in [-0.25, -0.2) is 12.8 Å². The van der Waals surface area contributed by atoms with Crippen molar-refractivity contribution in [2.75, 3.05) is 5.75 Å². The molecule has 0 spiro atoms. The number of carbonyl (C=O) groups excluding carboxylic acids is 1. The van der Waals surface area contributed by atoms with E-state index in [1.807, 2.05) is 6.07 Å². The molecule has 1 aromatic carbocycles. The summed E-state index contributed by atoms with van der Waals surface area (Å²) in [7, 11) is -3.79. The number of sulfonamides is 1. The van der Waals surface area contributed by atoms with Crippen molar-refractivity contribution in [3.63, 3.8) is 0 Å². The van der Waals surface area contributed by atoms with Gasteiger partial charge in [0.05, 0.1) is 17.2 Å². The number of amides is 1. The van der Waals surface area contributed by atoms with Crippen LogP contribution in [0.2, 0.25) is 0 Å². The monoisotopic (exact) mass is 322 g/mol. The van der Waals surface area contributed by atoms with Crippen molar-refractivity contribution in [2.24, 2.45) is 11.3 Å². The van der Waals surface area contributed by atoms with Crippen LogP contribution in [0.25, 0.3) is 0 Å². The zero-order chi connectivity index (χ0) is 16.0. The summed E-state index contributed by atoms with van der Waals surface area (Å²) in [4.78, 5) is 12.0. The van der Waals surface area contributed by atoms with E-state index >= 15 is 0 Å². The molecule has 1 N–H and O–H groups in total. The third-order valence-corrected chi connectivity index (χ3v) is 5.68. The largest absolute Gasteiger partial charge is 0.274 e. The molecular weight excluding hydrogens is 307 g/mol. The zero-order valence-corrected chi connectivity index (χ0v) is 12.6. The van der Waals surface area contributed by atoms with E-state index in [0.29, 0.717) is 19.3 Å². The van der Waals surface area contributed by atoms with Gasteiger partial charge in [-0.3, -0.25) is 9.52 Å². The van der Waals surface area contributed by atoms with Crippen LogP contribution in [-0.2, 0) is 14.8 Å². The molecule has 0 unspecified atom stereocenters. The lowest BCUT2D eigenvalue weighted by Crippen LogP contribution is -2.36. The minimum atomic E-state index is -3.79. The standard InChI is InChI=1S/C15H15FN2O3S/c16-11-3-1-10(2-4-11)12-7-13(12)14(19)18-22(20,21)9-15(8-17)5-6-15/h1-4,12-13H,5-7,9H2,(H,18,19)/t12-,13+/m0/s1. The first kappa shape index (κ1) is 15.0. The van der Waals surface area contributed by atoms with Gasteiger partial charge in [-0.2, -0.15) is 5.26 Å². The van der Waals surface area contributed by atoms with Crippen molar-refractivity contribution in [1.29, 1.82) is 5.26 Å². The summed E-state index contributed by atoms with van der Waals surface area (Å²) in [6.45, 7) is 0. The van der Waals surface area contributed by atoms with Gasteiger partial charge in [0.2, 0.25) is 15.9 Å². The van der Waals surface area contributed by atoms with Crippen molar-refractivity contribution in [2.45, 2.75) is 25.2 Å². The third kappa shape index (κ3) is 3.12. The highest BCUT2D eigenvalue weighted by Crippen LogP contribution is 2.48. The Balaban J connectivity index is 1.59. The molecule has 0 aromatic heterocycles. The molecule has 0 bridgehead atoms. The first-order valence-corrected chi connectivity index (χ1v) is 8.70. The second-order valence-corrected chi connectivity index (χ2v) is 7.84. The Morgan fingerprint density at radius 1 is 1.36 bits per heavy atom. The first-order valence-electron chi connectivity index (χ1n) is 7.05. The van der Waals surface area contributed by atoms with E-state index in [2.05, 4.69) is 4.72 Å². The number of nitrogens with zero attached hydrogens (tertiary/aromatic N) is 1. The van der Waals surface area contributed by atoms with Crippen LogP contribution in [0.4, 0.5) is 4.39 Å². The molecule has 0 aliphatic heterocycles. The maximum absolute atomic E-state index is 12.9. The van der Waals surface area contributed by atoms with Crippen molar-refractivity contribution in [1.82, 2.24) is 4.72 Å². The number of nitriles is 1. The smallest absolute Gasteiger partial charge is 0.237 e. The predicted molar refractivity (Wildman–Crippen MR) is 76.5 cm³/mol. The highest BCUT2D eigenvalue weighted by molar-refractivity contribution is 7.90. The minimum Gasteiger partial charge on any atom is -0.274 e. The van der Waals surface area contributed by atoms with Gasteiger partial charge in [-0.1, -0.05) is 12.1 Å². The number of hydrogen-bond acceptors (Lipinski definition) is 4. The van der Waals surface area contributed by atoms with E-state index in [-0.39, 0.29) is 17.5 Å². The van der Waals surface area contributed by atoms with Crippen LogP contribution in [0.15, 0.2) is 24.3 Å². The molecule has 7 heteroatoms. The summed E-state index contributed by atoms with van der Waals surface area (Å²) >= 11 is 0. The lowest BCUT2D eigenvalue weighted by molar-refractivity contribution is -0.120. The quantitative estimate of drug-likeness (QED) is 0.893. The first-order chi connectivity index (χ1) is 10.3. The van der Waals surface area contributed by atoms with E-state index in [4.69, 9.17) is 5.26 Å². The van der Waals surface area contributed by atoms with Gasteiger partial charge < -0.3 is 0 Å². The molecule has 22 heavy (non-hydrogen) atoms. The summed E-state index contributed by atoms with van der Waals surface area (Å²) in [6.07, 6.45) is 1.66. The molecule has 0 radical (unpaired) electrons. The Hall–Kier alpha value is -1.94. The maximum atomic E-state index is 12.9. The van der Waals surface area contributed by atoms with Crippen LogP contribution in [-0.4, -0.2) is 20.1 Å². The van der Waals surface area contributed by atoms with Gasteiger partial charge in [0.15, 0.2) is 0 Å². The van der Waals surface area contributed by atoms with Gasteiger partial charge in [-0.15, -0.1) is 0 Å². The lowest BCUT2D eigenvalue weighted by Gasteiger charge is -2.09. The molecular formula is C15H15FN2O3S. The third-order valence-electron chi connectivity index (χ3n) is 4.24. The van der Waals surface area contributed by atoms with Crippen LogP contribution >= 0.6 is 0 Å². The fraction of sp³-hybridized carbons (Fsp3) is 0.467. The van der Waals surface area contributed by atoms with Gasteiger partial charge in [0, 0.05) is 5.92 Å². The summed E-state index contributed by atoms with van der Waals surface area (Å²) in [6, 6.07) is 7.86. The second kappa shape index (κ2) is 5.06. The van der Waals surface area contributed by atoms with Crippen molar-refractivity contribution < 1.29 is 17.6 Å². The number of benzene rings is 1. The normalized spacial score (nSPS) is 25.1. The summed E-state index contributed by atoms with van der Waals surface area (Å²) < 4.78 is 38.8. The maximum Gasteiger partial charge on any atom is 0.237 e. The SMILES string of the molecule is N#CC1(CS(=O)(=O)NC(=O)[C@@H]2C[C@H]2c2ccc(F)cc2)CC1. The van der Waals surface area contributed by atoms with Gasteiger partial charge in [0.1, 0.15) is 5.82 Å². The summed E-state index contributed by atoms with van der Waals surface area (Å²) in [5.74, 6) is -1.68. The Labute approximate surface area is 128 Å². The van der Waals surface area contributed by atoms with E-state index in [9.17, 15) is 17.6 Å². The molecule has 2 saturated carbocycles. The van der Waals surface area contributed by atoms with Crippen LogP contribution in [0.1, 0.15) is 30.7 Å². The number of nitrogens with one attached hydrogen (secondary N) is 1. The molecule has 0 saturated heterocycles. The second-order valence-electron chi connectivity index (χ2n) is 6.12. The minimum absolute atomic E-state index is 0.0679. The molecule has 3 rings (SSSR count). The van der Waals surface area contributed by atoms with Gasteiger partial charge >= 0.3 is 0 Å². The molecule has 2 fully saturated rings. The Bertz CT molecular complexity index is 748. The van der Waals surface area contributed by atoms with Gasteiger partial charge in [-0.05, 0) is 42.9 Å². The van der Waals surface area contributed by atoms with Crippen molar-refractivity contribution >= 4 is 15.9 Å². The molecule has 116 valence electrons. The van der Waals surface area contributed by atoms with Crippen molar-refractivity contribution in [3.8, 4) is 6.07 Å². The number of carbonyl (C=O) groups is 1. The highest BCUT2D eigenvalue weighted by atomic mass is 32.2. The zero-order valence-electron chi connectivity index (χ0n) is 11.8. The topological polar surface area (TPSA) is 87.0 Å². The molecule has 1 amide bonds. The van der Waals surface area contributed by atoms with E-state index in [0.717, 1.165) is 5.56 Å². The molecule has 2 aliphatic rings. The lowest BCUT2D eigenvalue weighted by atomic mass is 10.1. The molecule has 0 heterocycles. The van der Waals surface area contributed by atoms with E-state index in [1.165, 1.54) is 12.1 Å².